The topological polar surface area (TPSA) is 72.2 Å². The fourth-order valence-corrected chi connectivity index (χ4v) is 3.04. The van der Waals surface area contributed by atoms with E-state index in [4.69, 9.17) is 17.3 Å². The van der Waals surface area contributed by atoms with E-state index in [1.54, 1.807) is 26.0 Å². The first-order valence-electron chi connectivity index (χ1n) is 4.86. The quantitative estimate of drug-likeness (QED) is 0.858. The molecule has 0 heterocycles. The molecule has 0 unspecified atom stereocenters. The number of nitrogens with one attached hydrogen (secondary N) is 1. The number of hydrogen-bond acceptors (Lipinski definition) is 3. The third kappa shape index (κ3) is 2.95. The molecule has 0 bridgehead atoms. The molecule has 0 saturated heterocycles. The molecule has 0 radical (unpaired) electrons. The summed E-state index contributed by atoms with van der Waals surface area (Å²) in [6.45, 7) is 3.69. The normalized spacial score (nSPS) is 13.8. The van der Waals surface area contributed by atoms with Gasteiger partial charge in [0.15, 0.2) is 0 Å². The first kappa shape index (κ1) is 13.4. The fraction of sp³-hybridized carbons (Fsp3) is 0.400. The van der Waals surface area contributed by atoms with Crippen LogP contribution < -0.4 is 10.5 Å². The lowest BCUT2D eigenvalue weighted by molar-refractivity contribution is 0.562. The van der Waals surface area contributed by atoms with E-state index in [9.17, 15) is 8.42 Å². The van der Waals surface area contributed by atoms with Crippen LogP contribution in [0.4, 0.5) is 0 Å². The summed E-state index contributed by atoms with van der Waals surface area (Å²) in [5, 5.41) is 0.249. The molecule has 1 aromatic carbocycles. The summed E-state index contributed by atoms with van der Waals surface area (Å²) in [4.78, 5) is 0.0921. The van der Waals surface area contributed by atoms with Gasteiger partial charge in [0.25, 0.3) is 0 Å². The van der Waals surface area contributed by atoms with Crippen LogP contribution in [0.1, 0.15) is 12.5 Å². The van der Waals surface area contributed by atoms with E-state index < -0.39 is 10.0 Å². The summed E-state index contributed by atoms with van der Waals surface area (Å²) in [7, 11) is -3.59. The van der Waals surface area contributed by atoms with Gasteiger partial charge in [0.2, 0.25) is 10.0 Å². The van der Waals surface area contributed by atoms with E-state index in [1.165, 1.54) is 6.07 Å². The largest absolute Gasteiger partial charge is 0.329 e. The molecule has 1 atom stereocenters. The SMILES string of the molecule is Cc1cccc(S(=O)(=O)N[C@@H](C)CN)c1Cl. The Morgan fingerprint density at radius 1 is 1.50 bits per heavy atom. The monoisotopic (exact) mass is 262 g/mol. The molecule has 0 aliphatic rings. The minimum atomic E-state index is -3.59. The van der Waals surface area contributed by atoms with Crippen molar-refractivity contribution in [2.24, 2.45) is 5.73 Å². The number of aryl methyl sites for hydroxylation is 1. The van der Waals surface area contributed by atoms with Crippen LogP contribution in [0.25, 0.3) is 0 Å². The summed E-state index contributed by atoms with van der Waals surface area (Å²) in [5.41, 5.74) is 6.09. The van der Waals surface area contributed by atoms with Crippen LogP contribution in [0.5, 0.6) is 0 Å². The lowest BCUT2D eigenvalue weighted by Gasteiger charge is -2.13. The smallest absolute Gasteiger partial charge is 0.242 e. The zero-order valence-electron chi connectivity index (χ0n) is 9.20. The molecule has 0 amide bonds. The highest BCUT2D eigenvalue weighted by molar-refractivity contribution is 7.89. The first-order valence-corrected chi connectivity index (χ1v) is 6.72. The number of sulfonamides is 1. The van der Waals surface area contributed by atoms with Crippen LogP contribution in [-0.4, -0.2) is 21.0 Å². The molecule has 6 heteroatoms. The van der Waals surface area contributed by atoms with E-state index >= 15 is 0 Å². The zero-order valence-corrected chi connectivity index (χ0v) is 10.8. The van der Waals surface area contributed by atoms with Gasteiger partial charge in [-0.25, -0.2) is 13.1 Å². The Hall–Kier alpha value is -0.620. The molecular formula is C10H15ClN2O2S. The average Bonchev–Trinajstić information content (AvgIpc) is 2.21. The molecule has 1 rings (SSSR count). The molecule has 0 aromatic heterocycles. The molecule has 1 aromatic rings. The van der Waals surface area contributed by atoms with Crippen LogP contribution in [0, 0.1) is 6.92 Å². The van der Waals surface area contributed by atoms with Crippen molar-refractivity contribution in [2.45, 2.75) is 24.8 Å². The molecule has 0 aliphatic heterocycles. The number of rotatable bonds is 4. The highest BCUT2D eigenvalue weighted by atomic mass is 35.5. The molecule has 90 valence electrons. The second-order valence-corrected chi connectivity index (χ2v) is 5.71. The number of hydrogen-bond donors (Lipinski definition) is 2. The van der Waals surface area contributed by atoms with Crippen molar-refractivity contribution in [2.75, 3.05) is 6.54 Å². The van der Waals surface area contributed by atoms with Gasteiger partial charge in [-0.05, 0) is 25.5 Å². The standard InChI is InChI=1S/C10H15ClN2O2S/c1-7-4-3-5-9(10(7)11)16(14,15)13-8(2)6-12/h3-5,8,13H,6,12H2,1-2H3/t8-/m0/s1. The van der Waals surface area contributed by atoms with Crippen LogP contribution in [0.3, 0.4) is 0 Å². The minimum Gasteiger partial charge on any atom is -0.329 e. The Kier molecular flexibility index (Phi) is 4.32. The van der Waals surface area contributed by atoms with Gasteiger partial charge in [-0.3, -0.25) is 0 Å². The number of nitrogens with two attached hydrogens (primary N) is 1. The van der Waals surface area contributed by atoms with Crippen LogP contribution in [0.15, 0.2) is 23.1 Å². The Balaban J connectivity index is 3.13. The summed E-state index contributed by atoms with van der Waals surface area (Å²) in [6.07, 6.45) is 0. The maximum absolute atomic E-state index is 11.9. The van der Waals surface area contributed by atoms with Crippen LogP contribution in [-0.2, 0) is 10.0 Å². The summed E-state index contributed by atoms with van der Waals surface area (Å²) < 4.78 is 26.3. The molecule has 4 nitrogen and oxygen atoms in total. The van der Waals surface area contributed by atoms with Gasteiger partial charge in [-0.15, -0.1) is 0 Å². The van der Waals surface area contributed by atoms with Gasteiger partial charge < -0.3 is 5.73 Å². The van der Waals surface area contributed by atoms with Crippen molar-refractivity contribution < 1.29 is 8.42 Å². The van der Waals surface area contributed by atoms with Crippen LogP contribution >= 0.6 is 11.6 Å². The first-order chi connectivity index (χ1) is 7.38. The lowest BCUT2D eigenvalue weighted by atomic mass is 10.2. The molecule has 0 aliphatic carbocycles. The molecule has 0 fully saturated rings. The predicted octanol–water partition coefficient (Wildman–Crippen LogP) is 1.27. The van der Waals surface area contributed by atoms with Gasteiger partial charge >= 0.3 is 0 Å². The maximum Gasteiger partial charge on any atom is 0.242 e. The third-order valence-electron chi connectivity index (χ3n) is 2.16. The van der Waals surface area contributed by atoms with Crippen molar-refractivity contribution in [3.63, 3.8) is 0 Å². The van der Waals surface area contributed by atoms with Crippen molar-refractivity contribution in [1.82, 2.24) is 4.72 Å². The van der Waals surface area contributed by atoms with E-state index in [0.717, 1.165) is 5.56 Å². The lowest BCUT2D eigenvalue weighted by Crippen LogP contribution is -2.37. The number of halogens is 1. The fourth-order valence-electron chi connectivity index (χ4n) is 1.20. The van der Waals surface area contributed by atoms with E-state index in [1.807, 2.05) is 0 Å². The molecule has 0 saturated carbocycles. The Morgan fingerprint density at radius 2 is 2.12 bits per heavy atom. The Labute approximate surface area is 101 Å². The van der Waals surface area contributed by atoms with E-state index in [-0.39, 0.29) is 22.5 Å². The van der Waals surface area contributed by atoms with Gasteiger partial charge in [0.05, 0.1) is 5.02 Å². The highest BCUT2D eigenvalue weighted by Crippen LogP contribution is 2.24. The molecule has 16 heavy (non-hydrogen) atoms. The highest BCUT2D eigenvalue weighted by Gasteiger charge is 2.20. The van der Waals surface area contributed by atoms with Crippen molar-refractivity contribution in [1.29, 1.82) is 0 Å². The second-order valence-electron chi connectivity index (χ2n) is 3.65. The third-order valence-corrected chi connectivity index (χ3v) is 4.40. The zero-order chi connectivity index (χ0) is 12.3. The van der Waals surface area contributed by atoms with Gasteiger partial charge in [0.1, 0.15) is 4.90 Å². The maximum atomic E-state index is 11.9. The van der Waals surface area contributed by atoms with Crippen molar-refractivity contribution >= 4 is 21.6 Å². The molecular weight excluding hydrogens is 248 g/mol. The Morgan fingerprint density at radius 3 is 2.69 bits per heavy atom. The van der Waals surface area contributed by atoms with Gasteiger partial charge in [-0.1, -0.05) is 23.7 Å². The minimum absolute atomic E-state index is 0.0921. The predicted molar refractivity (Wildman–Crippen MR) is 65.0 cm³/mol. The van der Waals surface area contributed by atoms with Crippen molar-refractivity contribution in [3.8, 4) is 0 Å². The van der Waals surface area contributed by atoms with E-state index in [0.29, 0.717) is 0 Å². The van der Waals surface area contributed by atoms with Gasteiger partial charge in [0, 0.05) is 12.6 Å². The van der Waals surface area contributed by atoms with Crippen LogP contribution in [0.2, 0.25) is 5.02 Å². The molecule has 0 spiro atoms. The second kappa shape index (κ2) is 5.14. The van der Waals surface area contributed by atoms with E-state index in [2.05, 4.69) is 4.72 Å². The summed E-state index contributed by atoms with van der Waals surface area (Å²) in [5.74, 6) is 0. The number of benzene rings is 1. The Bertz CT molecular complexity index is 474. The average molecular weight is 263 g/mol. The summed E-state index contributed by atoms with van der Waals surface area (Å²) >= 11 is 5.95. The van der Waals surface area contributed by atoms with Gasteiger partial charge in [-0.2, -0.15) is 0 Å². The molecule has 3 N–H and O–H groups in total. The summed E-state index contributed by atoms with van der Waals surface area (Å²) in [6, 6.07) is 4.57. The van der Waals surface area contributed by atoms with Crippen molar-refractivity contribution in [3.05, 3.63) is 28.8 Å².